The lowest BCUT2D eigenvalue weighted by Gasteiger charge is -2.26. The Morgan fingerprint density at radius 2 is 2.00 bits per heavy atom. The Kier molecular flexibility index (Phi) is 7.37. The van der Waals surface area contributed by atoms with Gasteiger partial charge in [0.15, 0.2) is 0 Å². The van der Waals surface area contributed by atoms with Gasteiger partial charge in [-0.05, 0) is 38.8 Å². The molecule has 186 valence electrons. The van der Waals surface area contributed by atoms with Gasteiger partial charge < -0.3 is 25.8 Å². The number of hydrogen-bond acceptors (Lipinski definition) is 8. The van der Waals surface area contributed by atoms with E-state index < -0.39 is 23.5 Å². The number of pyridine rings is 1. The van der Waals surface area contributed by atoms with Crippen molar-refractivity contribution in [3.63, 3.8) is 0 Å². The third kappa shape index (κ3) is 6.37. The molecule has 1 saturated heterocycles. The van der Waals surface area contributed by atoms with E-state index in [1.54, 1.807) is 18.3 Å². The highest BCUT2D eigenvalue weighted by Crippen LogP contribution is 2.24. The Morgan fingerprint density at radius 1 is 1.23 bits per heavy atom. The second kappa shape index (κ2) is 10.4. The Hall–Kier alpha value is -3.44. The average Bonchev–Trinajstić information content (AvgIpc) is 2.82. The zero-order valence-electron chi connectivity index (χ0n) is 19.5. The van der Waals surface area contributed by atoms with Crippen LogP contribution in [0, 0.1) is 5.82 Å². The van der Waals surface area contributed by atoms with Gasteiger partial charge in [0, 0.05) is 49.2 Å². The summed E-state index contributed by atoms with van der Waals surface area (Å²) >= 11 is 0. The molecule has 0 unspecified atom stereocenters. The zero-order chi connectivity index (χ0) is 25.0. The Bertz CT molecular complexity index is 1200. The first kappa shape index (κ1) is 24.7. The van der Waals surface area contributed by atoms with Crippen LogP contribution in [0.5, 0.6) is 0 Å². The molecular weight excluding hydrogens is 458 g/mol. The maximum Gasteiger partial charge on any atom is 0.255 e. The van der Waals surface area contributed by atoms with Crippen LogP contribution in [0.15, 0.2) is 36.7 Å². The van der Waals surface area contributed by atoms with Crippen molar-refractivity contribution in [2.24, 2.45) is 0 Å². The lowest BCUT2D eigenvalue weighted by atomic mass is 10.0. The molecule has 1 atom stereocenters. The van der Waals surface area contributed by atoms with Crippen molar-refractivity contribution in [3.05, 3.63) is 48.0 Å². The summed E-state index contributed by atoms with van der Waals surface area (Å²) in [5.41, 5.74) is -0.416. The first-order chi connectivity index (χ1) is 16.7. The largest absolute Gasteiger partial charge is 0.387 e. The van der Waals surface area contributed by atoms with Gasteiger partial charge in [0.1, 0.15) is 17.8 Å². The van der Waals surface area contributed by atoms with E-state index >= 15 is 0 Å². The molecule has 1 fully saturated rings. The van der Waals surface area contributed by atoms with Gasteiger partial charge in [0.05, 0.1) is 28.9 Å². The van der Waals surface area contributed by atoms with Crippen LogP contribution in [0.2, 0.25) is 0 Å². The van der Waals surface area contributed by atoms with Crippen molar-refractivity contribution < 1.29 is 23.4 Å². The molecule has 0 bridgehead atoms. The maximum absolute atomic E-state index is 14.1. The van der Waals surface area contributed by atoms with Crippen LogP contribution in [-0.4, -0.2) is 63.5 Å². The van der Waals surface area contributed by atoms with Crippen molar-refractivity contribution in [3.8, 4) is 0 Å². The molecule has 9 nitrogen and oxygen atoms in total. The van der Waals surface area contributed by atoms with Gasteiger partial charge in [0.25, 0.3) is 5.91 Å². The standard InChI is InChI=1S/C24H28F2N6O3/c1-24(2,34)20(26)13-28-22(33)17-12-27-21(10-19(17)30-16-5-7-35-8-6-16)32-23-29-11-14-3-4-15(25)9-18(14)31-23/h3-4,9-12,16,20,34H,5-8,13H2,1-2H3,(H,28,33)(H2,27,29,30,31,32)/t20-/m1/s1. The van der Waals surface area contributed by atoms with E-state index in [1.165, 1.54) is 32.2 Å². The number of hydrogen-bond donors (Lipinski definition) is 4. The number of aromatic nitrogens is 3. The number of amides is 1. The lowest BCUT2D eigenvalue weighted by molar-refractivity contribution is -0.00177. The van der Waals surface area contributed by atoms with Crippen molar-refractivity contribution in [1.29, 1.82) is 0 Å². The SMILES string of the molecule is CC(C)(O)[C@H](F)CNC(=O)c1cnc(Nc2ncc3ccc(F)cc3n2)cc1NC1CCOCC1. The van der Waals surface area contributed by atoms with Crippen molar-refractivity contribution >= 4 is 34.3 Å². The molecule has 0 radical (unpaired) electrons. The monoisotopic (exact) mass is 486 g/mol. The average molecular weight is 487 g/mol. The number of rotatable bonds is 8. The number of halogens is 2. The Balaban J connectivity index is 1.56. The molecule has 0 saturated carbocycles. The van der Waals surface area contributed by atoms with E-state index in [-0.39, 0.29) is 24.1 Å². The highest BCUT2D eigenvalue weighted by Gasteiger charge is 2.27. The van der Waals surface area contributed by atoms with E-state index in [1.807, 2.05) is 0 Å². The first-order valence-corrected chi connectivity index (χ1v) is 11.4. The molecule has 3 heterocycles. The fraction of sp³-hybridized carbons (Fsp3) is 0.417. The second-order valence-electron chi connectivity index (χ2n) is 9.00. The van der Waals surface area contributed by atoms with Crippen LogP contribution in [0.25, 0.3) is 10.9 Å². The summed E-state index contributed by atoms with van der Waals surface area (Å²) < 4.78 is 33.1. The van der Waals surface area contributed by atoms with Crippen LogP contribution in [0.3, 0.4) is 0 Å². The molecule has 1 aromatic carbocycles. The number of nitrogens with one attached hydrogen (secondary N) is 3. The molecule has 4 rings (SSSR count). The van der Waals surface area contributed by atoms with E-state index in [2.05, 4.69) is 30.9 Å². The molecule has 35 heavy (non-hydrogen) atoms. The van der Waals surface area contributed by atoms with Crippen LogP contribution >= 0.6 is 0 Å². The highest BCUT2D eigenvalue weighted by atomic mass is 19.1. The fourth-order valence-corrected chi connectivity index (χ4v) is 3.58. The van der Waals surface area contributed by atoms with Gasteiger partial charge in [-0.25, -0.2) is 23.7 Å². The van der Waals surface area contributed by atoms with E-state index in [4.69, 9.17) is 4.74 Å². The number of nitrogens with zero attached hydrogens (tertiary/aromatic N) is 3. The third-order valence-electron chi connectivity index (χ3n) is 5.72. The molecule has 0 spiro atoms. The Labute approximate surface area is 201 Å². The minimum atomic E-state index is -1.64. The predicted molar refractivity (Wildman–Crippen MR) is 128 cm³/mol. The smallest absolute Gasteiger partial charge is 0.255 e. The molecule has 1 amide bonds. The van der Waals surface area contributed by atoms with Gasteiger partial charge in [-0.15, -0.1) is 0 Å². The summed E-state index contributed by atoms with van der Waals surface area (Å²) in [4.78, 5) is 25.7. The summed E-state index contributed by atoms with van der Waals surface area (Å²) in [5, 5.41) is 19.3. The van der Waals surface area contributed by atoms with Crippen LogP contribution < -0.4 is 16.0 Å². The third-order valence-corrected chi connectivity index (χ3v) is 5.72. The summed E-state index contributed by atoms with van der Waals surface area (Å²) in [6.07, 6.45) is 2.83. The van der Waals surface area contributed by atoms with Crippen LogP contribution in [0.1, 0.15) is 37.0 Å². The van der Waals surface area contributed by atoms with Gasteiger partial charge >= 0.3 is 0 Å². The molecule has 2 aromatic heterocycles. The van der Waals surface area contributed by atoms with Crippen LogP contribution in [-0.2, 0) is 4.74 Å². The fourth-order valence-electron chi connectivity index (χ4n) is 3.58. The molecule has 4 N–H and O–H groups in total. The van der Waals surface area contributed by atoms with Crippen molar-refractivity contribution in [2.75, 3.05) is 30.4 Å². The predicted octanol–water partition coefficient (Wildman–Crippen LogP) is 3.34. The number of anilines is 3. The zero-order valence-corrected chi connectivity index (χ0v) is 19.5. The second-order valence-corrected chi connectivity index (χ2v) is 9.00. The Morgan fingerprint density at radius 3 is 2.74 bits per heavy atom. The molecule has 11 heteroatoms. The molecule has 0 aliphatic carbocycles. The lowest BCUT2D eigenvalue weighted by Crippen LogP contribution is -2.42. The van der Waals surface area contributed by atoms with E-state index in [0.717, 1.165) is 12.8 Å². The minimum Gasteiger partial charge on any atom is -0.387 e. The van der Waals surface area contributed by atoms with Gasteiger partial charge in [-0.2, -0.15) is 0 Å². The minimum absolute atomic E-state index is 0.0794. The summed E-state index contributed by atoms with van der Waals surface area (Å²) in [6, 6.07) is 5.97. The molecule has 3 aromatic rings. The molecule has 1 aliphatic heterocycles. The van der Waals surface area contributed by atoms with Gasteiger partial charge in [-0.1, -0.05) is 0 Å². The first-order valence-electron chi connectivity index (χ1n) is 11.4. The number of fused-ring (bicyclic) bond motifs is 1. The molecular formula is C24H28F2N6O3. The summed E-state index contributed by atoms with van der Waals surface area (Å²) in [6.45, 7) is 3.54. The quantitative estimate of drug-likeness (QED) is 0.383. The summed E-state index contributed by atoms with van der Waals surface area (Å²) in [5.74, 6) is -0.344. The normalized spacial score (nSPS) is 15.6. The molecule has 1 aliphatic rings. The number of alkyl halides is 1. The van der Waals surface area contributed by atoms with Gasteiger partial charge in [0.2, 0.25) is 5.95 Å². The number of carbonyl (C=O) groups is 1. The number of benzene rings is 1. The number of carbonyl (C=O) groups excluding carboxylic acids is 1. The van der Waals surface area contributed by atoms with Crippen molar-refractivity contribution in [1.82, 2.24) is 20.3 Å². The van der Waals surface area contributed by atoms with Crippen LogP contribution in [0.4, 0.5) is 26.2 Å². The highest BCUT2D eigenvalue weighted by molar-refractivity contribution is 6.00. The maximum atomic E-state index is 14.1. The number of ether oxygens (including phenoxy) is 1. The number of aliphatic hydroxyl groups is 1. The topological polar surface area (TPSA) is 121 Å². The van der Waals surface area contributed by atoms with E-state index in [0.29, 0.717) is 35.6 Å². The van der Waals surface area contributed by atoms with Gasteiger partial charge in [-0.3, -0.25) is 4.79 Å². The van der Waals surface area contributed by atoms with Crippen molar-refractivity contribution in [2.45, 2.75) is 44.5 Å². The van der Waals surface area contributed by atoms with E-state index in [9.17, 15) is 18.7 Å². The summed E-state index contributed by atoms with van der Waals surface area (Å²) in [7, 11) is 0.